The number of carboxylic acid groups (broad SMARTS) is 1. The molecule has 0 aromatic heterocycles. The molecule has 1 amide bonds. The molecule has 0 aliphatic heterocycles. The number of carbonyl (C=O) groups excluding carboxylic acids is 1. The Bertz CT molecular complexity index is 913. The first-order chi connectivity index (χ1) is 15.4. The van der Waals surface area contributed by atoms with Crippen LogP contribution in [0.5, 0.6) is 0 Å². The average Bonchev–Trinajstić information content (AvgIpc) is 2.82. The lowest BCUT2D eigenvalue weighted by molar-refractivity contribution is -0.140. The predicted molar refractivity (Wildman–Crippen MR) is 131 cm³/mol. The number of benzene rings is 3. The van der Waals surface area contributed by atoms with Crippen LogP contribution in [0.2, 0.25) is 0 Å². The van der Waals surface area contributed by atoms with Gasteiger partial charge in [-0.05, 0) is 42.3 Å². The van der Waals surface area contributed by atoms with Gasteiger partial charge in [0.1, 0.15) is 42.0 Å². The summed E-state index contributed by atoms with van der Waals surface area (Å²) < 4.78 is 5.51. The van der Waals surface area contributed by atoms with Crippen LogP contribution in [0.25, 0.3) is 0 Å². The largest absolute Gasteiger partial charge is 0.480 e. The van der Waals surface area contributed by atoms with Crippen molar-refractivity contribution < 1.29 is 19.4 Å². The van der Waals surface area contributed by atoms with E-state index in [2.05, 4.69) is 41.7 Å². The first-order valence-corrected chi connectivity index (χ1v) is 12.6. The molecule has 0 unspecified atom stereocenters. The molecule has 2 N–H and O–H groups in total. The molecule has 3 aromatic rings. The van der Waals surface area contributed by atoms with E-state index in [-0.39, 0.29) is 12.5 Å². The smallest absolute Gasteiger partial charge is 0.407 e. The molecule has 0 aliphatic carbocycles. The third-order valence-electron chi connectivity index (χ3n) is 5.46. The molecule has 0 radical (unpaired) electrons. The lowest BCUT2D eigenvalue weighted by Gasteiger charge is -2.27. The van der Waals surface area contributed by atoms with Crippen LogP contribution < -0.4 is 21.2 Å². The third-order valence-corrected chi connectivity index (χ3v) is 9.85. The van der Waals surface area contributed by atoms with Gasteiger partial charge in [-0.3, -0.25) is 0 Å². The first kappa shape index (κ1) is 23.5. The molecule has 0 aliphatic rings. The number of hydrogen-bond donors (Lipinski definition) is 2. The molecule has 6 heteroatoms. The zero-order chi connectivity index (χ0) is 23.0. The molecule has 0 saturated heterocycles. The van der Waals surface area contributed by atoms with E-state index >= 15 is 0 Å². The number of hydrogen-bond acceptors (Lipinski definition) is 3. The van der Waals surface area contributed by atoms with E-state index in [0.29, 0.717) is 6.16 Å². The molecule has 0 bridgehead atoms. The van der Waals surface area contributed by atoms with Crippen molar-refractivity contribution in [2.24, 2.45) is 5.92 Å². The molecule has 3 rings (SSSR count). The summed E-state index contributed by atoms with van der Waals surface area (Å²) in [6.45, 7) is 3.66. The number of ether oxygens (including phenoxy) is 1. The standard InChI is InChI=1S/C26H28NO4P/c1-20(2)24(25(28)29)27-26(30)31-18-19-32(21-12-6-3-7-13-21,22-14-8-4-9-15-22)23-16-10-5-11-17-23/h3-17,20,24H,18-19H2,1-2H3,(H-,27,28,29,30)/p+1/t24-/m0/s1. The van der Waals surface area contributed by atoms with Gasteiger partial charge in [0.15, 0.2) is 0 Å². The van der Waals surface area contributed by atoms with Gasteiger partial charge in [-0.25, -0.2) is 9.59 Å². The maximum Gasteiger partial charge on any atom is 0.407 e. The summed E-state index contributed by atoms with van der Waals surface area (Å²) in [4.78, 5) is 23.8. The quantitative estimate of drug-likeness (QED) is 0.486. The number of amides is 1. The van der Waals surface area contributed by atoms with Crippen LogP contribution in [0.3, 0.4) is 0 Å². The number of rotatable bonds is 9. The number of carboxylic acids is 1. The molecule has 0 fully saturated rings. The summed E-state index contributed by atoms with van der Waals surface area (Å²) in [5, 5.41) is 15.4. The monoisotopic (exact) mass is 450 g/mol. The Hall–Kier alpha value is -3.17. The van der Waals surface area contributed by atoms with Gasteiger partial charge in [0, 0.05) is 0 Å². The minimum Gasteiger partial charge on any atom is -0.480 e. The Labute approximate surface area is 189 Å². The lowest BCUT2D eigenvalue weighted by atomic mass is 10.1. The second-order valence-corrected chi connectivity index (χ2v) is 11.5. The fourth-order valence-corrected chi connectivity index (χ4v) is 7.92. The van der Waals surface area contributed by atoms with E-state index in [9.17, 15) is 14.7 Å². The van der Waals surface area contributed by atoms with Gasteiger partial charge in [0.2, 0.25) is 0 Å². The van der Waals surface area contributed by atoms with Crippen LogP contribution in [0.15, 0.2) is 91.0 Å². The van der Waals surface area contributed by atoms with Gasteiger partial charge < -0.3 is 15.2 Å². The van der Waals surface area contributed by atoms with Crippen molar-refractivity contribution in [2.75, 3.05) is 12.8 Å². The molecule has 0 heterocycles. The molecule has 5 nitrogen and oxygen atoms in total. The van der Waals surface area contributed by atoms with Crippen molar-refractivity contribution in [2.45, 2.75) is 19.9 Å². The molecule has 1 atom stereocenters. The van der Waals surface area contributed by atoms with Crippen molar-refractivity contribution in [3.63, 3.8) is 0 Å². The summed E-state index contributed by atoms with van der Waals surface area (Å²) >= 11 is 0. The van der Waals surface area contributed by atoms with Gasteiger partial charge in [-0.1, -0.05) is 68.4 Å². The van der Waals surface area contributed by atoms with Gasteiger partial charge in [0.25, 0.3) is 0 Å². The van der Waals surface area contributed by atoms with Gasteiger partial charge >= 0.3 is 12.1 Å². The Morgan fingerprint density at radius 3 is 1.56 bits per heavy atom. The first-order valence-electron chi connectivity index (χ1n) is 10.7. The van der Waals surface area contributed by atoms with Gasteiger partial charge in [-0.2, -0.15) is 0 Å². The molecule has 3 aromatic carbocycles. The van der Waals surface area contributed by atoms with E-state index in [0.717, 1.165) is 0 Å². The second kappa shape index (κ2) is 10.9. The summed E-state index contributed by atoms with van der Waals surface area (Å²) in [6.07, 6.45) is -0.101. The van der Waals surface area contributed by atoms with Crippen LogP contribution in [-0.2, 0) is 9.53 Å². The van der Waals surface area contributed by atoms with Crippen molar-refractivity contribution in [1.82, 2.24) is 5.32 Å². The topological polar surface area (TPSA) is 75.6 Å². The summed E-state index contributed by atoms with van der Waals surface area (Å²) in [5.41, 5.74) is 0. The van der Waals surface area contributed by atoms with Gasteiger partial charge in [-0.15, -0.1) is 0 Å². The van der Waals surface area contributed by atoms with Crippen LogP contribution in [0.1, 0.15) is 13.8 Å². The van der Waals surface area contributed by atoms with Crippen LogP contribution in [0.4, 0.5) is 4.79 Å². The van der Waals surface area contributed by atoms with E-state index in [1.165, 1.54) is 15.9 Å². The molecular weight excluding hydrogens is 421 g/mol. The zero-order valence-corrected chi connectivity index (χ0v) is 19.2. The van der Waals surface area contributed by atoms with Crippen LogP contribution in [0, 0.1) is 5.92 Å². The highest BCUT2D eigenvalue weighted by atomic mass is 31.2. The van der Waals surface area contributed by atoms with Crippen molar-refractivity contribution in [3.8, 4) is 0 Å². The van der Waals surface area contributed by atoms with E-state index in [4.69, 9.17) is 4.74 Å². The Morgan fingerprint density at radius 1 is 0.812 bits per heavy atom. The fraction of sp³-hybridized carbons (Fsp3) is 0.231. The van der Waals surface area contributed by atoms with E-state index in [1.54, 1.807) is 13.8 Å². The average molecular weight is 450 g/mol. The Kier molecular flexibility index (Phi) is 8.02. The van der Waals surface area contributed by atoms with E-state index in [1.807, 2.05) is 54.6 Å². The second-order valence-electron chi connectivity index (χ2n) is 7.88. The third kappa shape index (κ3) is 5.35. The Balaban J connectivity index is 1.92. The summed E-state index contributed by atoms with van der Waals surface area (Å²) in [6, 6.07) is 30.0. The molecule has 32 heavy (non-hydrogen) atoms. The molecular formula is C26H29NO4P+. The maximum atomic E-state index is 12.4. The highest BCUT2D eigenvalue weighted by Crippen LogP contribution is 2.54. The normalized spacial score (nSPS) is 12.2. The highest BCUT2D eigenvalue weighted by molar-refractivity contribution is 7.95. The number of alkyl carbamates (subject to hydrolysis) is 1. The minimum atomic E-state index is -2.10. The molecule has 0 saturated carbocycles. The molecule has 0 spiro atoms. The number of nitrogens with one attached hydrogen (secondary N) is 1. The van der Waals surface area contributed by atoms with Crippen LogP contribution >= 0.6 is 7.26 Å². The Morgan fingerprint density at radius 2 is 1.22 bits per heavy atom. The lowest BCUT2D eigenvalue weighted by Crippen LogP contribution is -2.45. The summed E-state index contributed by atoms with van der Waals surface area (Å²) in [7, 11) is -2.10. The van der Waals surface area contributed by atoms with Crippen molar-refractivity contribution >= 4 is 35.2 Å². The van der Waals surface area contributed by atoms with Crippen LogP contribution in [-0.4, -0.2) is 36.0 Å². The van der Waals surface area contributed by atoms with Crippen molar-refractivity contribution in [3.05, 3.63) is 91.0 Å². The number of aliphatic carboxylic acids is 1. The number of carbonyl (C=O) groups is 2. The maximum absolute atomic E-state index is 12.4. The van der Waals surface area contributed by atoms with E-state index < -0.39 is 25.4 Å². The summed E-state index contributed by atoms with van der Waals surface area (Å²) in [5.74, 6) is -1.32. The van der Waals surface area contributed by atoms with Gasteiger partial charge in [0.05, 0.1) is 0 Å². The zero-order valence-electron chi connectivity index (χ0n) is 18.3. The highest BCUT2D eigenvalue weighted by Gasteiger charge is 2.45. The van der Waals surface area contributed by atoms with Crippen molar-refractivity contribution in [1.29, 1.82) is 0 Å². The minimum absolute atomic E-state index is 0.169. The fourth-order valence-electron chi connectivity index (χ4n) is 3.84. The SMILES string of the molecule is CC(C)[C@H](NC(=O)OCC[P+](c1ccccc1)(c1ccccc1)c1ccccc1)C(=O)O. The molecule has 166 valence electrons. The predicted octanol–water partition coefficient (Wildman–Crippen LogP) is 3.82.